The molecule has 0 saturated carbocycles. The van der Waals surface area contributed by atoms with E-state index in [1.807, 2.05) is 0 Å². The molecule has 2 nitrogen and oxygen atoms in total. The molecule has 2 saturated heterocycles. The average Bonchev–Trinajstić information content (AvgIpc) is 2.42. The first-order chi connectivity index (χ1) is 7.16. The van der Waals surface area contributed by atoms with Gasteiger partial charge >= 0.3 is 0 Å². The van der Waals surface area contributed by atoms with E-state index in [4.69, 9.17) is 0 Å². The fourth-order valence-electron chi connectivity index (χ4n) is 2.93. The molecule has 0 aromatic carbocycles. The Hall–Kier alpha value is -0.630. The van der Waals surface area contributed by atoms with E-state index in [-0.39, 0.29) is 0 Å². The van der Waals surface area contributed by atoms with E-state index in [1.54, 1.807) is 0 Å². The van der Waals surface area contributed by atoms with Gasteiger partial charge in [0.25, 0.3) is 0 Å². The minimum absolute atomic E-state index is 0.487. The number of nitrogens with zero attached hydrogens (tertiary/aromatic N) is 1. The molecule has 0 aromatic rings. The number of piperidine rings is 1. The van der Waals surface area contributed by atoms with Gasteiger partial charge < -0.3 is 0 Å². The molecule has 2 atom stereocenters. The molecule has 2 heteroatoms. The Morgan fingerprint density at radius 1 is 1.33 bits per heavy atom. The summed E-state index contributed by atoms with van der Waals surface area (Å²) >= 11 is 0. The van der Waals surface area contributed by atoms with Gasteiger partial charge in [-0.2, -0.15) is 0 Å². The highest BCUT2D eigenvalue weighted by Crippen LogP contribution is 2.33. The molecule has 84 valence electrons. The van der Waals surface area contributed by atoms with Crippen molar-refractivity contribution in [1.29, 1.82) is 0 Å². The molecule has 0 amide bonds. The number of ketones is 1. The van der Waals surface area contributed by atoms with E-state index < -0.39 is 0 Å². The minimum Gasteiger partial charge on any atom is -0.300 e. The first-order valence-electron chi connectivity index (χ1n) is 6.07. The number of fused-ring (bicyclic) bond motifs is 2. The normalized spacial score (nSPS) is 30.7. The first-order valence-corrected chi connectivity index (χ1v) is 6.07. The number of carbonyl (C=O) groups is 1. The van der Waals surface area contributed by atoms with Gasteiger partial charge in [0.2, 0.25) is 0 Å². The van der Waals surface area contributed by atoms with E-state index in [1.165, 1.54) is 18.4 Å². The molecule has 2 fully saturated rings. The maximum atomic E-state index is 11.4. The average molecular weight is 207 g/mol. The zero-order valence-electron chi connectivity index (χ0n) is 9.83. The second-order valence-corrected chi connectivity index (χ2v) is 5.14. The quantitative estimate of drug-likeness (QED) is 0.663. The topological polar surface area (TPSA) is 20.3 Å². The highest BCUT2D eigenvalue weighted by Gasteiger charge is 2.39. The van der Waals surface area contributed by atoms with E-state index >= 15 is 0 Å². The van der Waals surface area contributed by atoms with Crippen LogP contribution in [0.4, 0.5) is 0 Å². The van der Waals surface area contributed by atoms with Crippen molar-refractivity contribution in [2.24, 2.45) is 0 Å². The number of hydrogen-bond acceptors (Lipinski definition) is 2. The predicted molar refractivity (Wildman–Crippen MR) is 61.8 cm³/mol. The maximum absolute atomic E-state index is 11.4. The standard InChI is InChI=1S/C13H21NO/c1-10(2)4-3-7-14-11-5-6-12(14)9-13(15)8-11/h4,11-12H,3,5-9H2,1-2H3. The minimum atomic E-state index is 0.487. The van der Waals surface area contributed by atoms with Crippen LogP contribution in [0.1, 0.15) is 46.0 Å². The van der Waals surface area contributed by atoms with E-state index in [0.29, 0.717) is 17.9 Å². The van der Waals surface area contributed by atoms with Gasteiger partial charge in [-0.3, -0.25) is 9.69 Å². The molecule has 15 heavy (non-hydrogen) atoms. The van der Waals surface area contributed by atoms with Crippen LogP contribution in [0, 0.1) is 0 Å². The second kappa shape index (κ2) is 4.48. The molecule has 0 aliphatic carbocycles. The van der Waals surface area contributed by atoms with Crippen LogP contribution in [0.5, 0.6) is 0 Å². The number of Topliss-reactive ketones (excluding diaryl/α,β-unsaturated/α-hetero) is 1. The highest BCUT2D eigenvalue weighted by molar-refractivity contribution is 5.80. The molecule has 2 rings (SSSR count). The summed E-state index contributed by atoms with van der Waals surface area (Å²) in [6, 6.07) is 1.14. The first kappa shape index (κ1) is 10.9. The Balaban J connectivity index is 1.88. The Morgan fingerprint density at radius 3 is 2.47 bits per heavy atom. The molecular formula is C13H21NO. The number of hydrogen-bond donors (Lipinski definition) is 0. The number of carbonyl (C=O) groups excluding carboxylic acids is 1. The van der Waals surface area contributed by atoms with Crippen LogP contribution in [-0.2, 0) is 4.79 Å². The van der Waals surface area contributed by atoms with Crippen LogP contribution in [0.2, 0.25) is 0 Å². The smallest absolute Gasteiger partial charge is 0.136 e. The van der Waals surface area contributed by atoms with Gasteiger partial charge in [-0.1, -0.05) is 11.6 Å². The van der Waals surface area contributed by atoms with Crippen LogP contribution in [0.3, 0.4) is 0 Å². The van der Waals surface area contributed by atoms with Gasteiger partial charge in [-0.05, 0) is 33.1 Å². The SMILES string of the molecule is CC(C)=CCCN1C2CCC1CC(=O)C2. The fourth-order valence-corrected chi connectivity index (χ4v) is 2.93. The van der Waals surface area contributed by atoms with Crippen molar-refractivity contribution in [2.75, 3.05) is 6.54 Å². The van der Waals surface area contributed by atoms with Gasteiger partial charge in [0.1, 0.15) is 5.78 Å². The monoisotopic (exact) mass is 207 g/mol. The zero-order chi connectivity index (χ0) is 10.8. The Kier molecular flexibility index (Phi) is 3.25. The summed E-state index contributed by atoms with van der Waals surface area (Å²) in [5, 5.41) is 0. The maximum Gasteiger partial charge on any atom is 0.136 e. The Bertz CT molecular complexity index is 262. The molecule has 0 aromatic heterocycles. The lowest BCUT2D eigenvalue weighted by molar-refractivity contribution is -0.123. The molecule has 2 aliphatic heterocycles. The summed E-state index contributed by atoms with van der Waals surface area (Å²) in [5.41, 5.74) is 1.40. The predicted octanol–water partition coefficient (Wildman–Crippen LogP) is 2.54. The van der Waals surface area contributed by atoms with Gasteiger partial charge in [-0.15, -0.1) is 0 Å². The van der Waals surface area contributed by atoms with Crippen molar-refractivity contribution in [1.82, 2.24) is 4.90 Å². The summed E-state index contributed by atoms with van der Waals surface area (Å²) in [4.78, 5) is 14.0. The van der Waals surface area contributed by atoms with Crippen LogP contribution >= 0.6 is 0 Å². The lowest BCUT2D eigenvalue weighted by Gasteiger charge is -2.33. The van der Waals surface area contributed by atoms with Crippen molar-refractivity contribution in [3.63, 3.8) is 0 Å². The third kappa shape index (κ3) is 2.49. The van der Waals surface area contributed by atoms with Crippen LogP contribution in [0.15, 0.2) is 11.6 Å². The van der Waals surface area contributed by atoms with Crippen molar-refractivity contribution in [3.05, 3.63) is 11.6 Å². The van der Waals surface area contributed by atoms with Gasteiger partial charge in [-0.25, -0.2) is 0 Å². The van der Waals surface area contributed by atoms with E-state index in [0.717, 1.165) is 25.8 Å². The lowest BCUT2D eigenvalue weighted by Crippen LogP contribution is -2.43. The van der Waals surface area contributed by atoms with Crippen molar-refractivity contribution in [2.45, 2.75) is 58.0 Å². The molecule has 2 aliphatic rings. The summed E-state index contributed by atoms with van der Waals surface area (Å²) < 4.78 is 0. The number of allylic oxidation sites excluding steroid dienone is 1. The van der Waals surface area contributed by atoms with Crippen LogP contribution in [-0.4, -0.2) is 29.3 Å². The Labute approximate surface area is 92.3 Å². The molecule has 0 radical (unpaired) electrons. The molecule has 2 bridgehead atoms. The Morgan fingerprint density at radius 2 is 1.93 bits per heavy atom. The third-order valence-electron chi connectivity index (χ3n) is 3.64. The molecule has 0 spiro atoms. The van der Waals surface area contributed by atoms with Gasteiger partial charge in [0.05, 0.1) is 0 Å². The molecular weight excluding hydrogens is 186 g/mol. The van der Waals surface area contributed by atoms with Crippen molar-refractivity contribution >= 4 is 5.78 Å². The summed E-state index contributed by atoms with van der Waals surface area (Å²) in [7, 11) is 0. The fraction of sp³-hybridized carbons (Fsp3) is 0.769. The van der Waals surface area contributed by atoms with Crippen molar-refractivity contribution < 1.29 is 4.79 Å². The van der Waals surface area contributed by atoms with E-state index in [9.17, 15) is 4.79 Å². The lowest BCUT2D eigenvalue weighted by atomic mass is 10.0. The largest absolute Gasteiger partial charge is 0.300 e. The molecule has 2 unspecified atom stereocenters. The van der Waals surface area contributed by atoms with Gasteiger partial charge in [0.15, 0.2) is 0 Å². The second-order valence-electron chi connectivity index (χ2n) is 5.14. The number of rotatable bonds is 3. The van der Waals surface area contributed by atoms with Gasteiger partial charge in [0, 0.05) is 31.5 Å². The summed E-state index contributed by atoms with van der Waals surface area (Å²) in [5.74, 6) is 0.487. The zero-order valence-corrected chi connectivity index (χ0v) is 9.83. The van der Waals surface area contributed by atoms with Crippen LogP contribution in [0.25, 0.3) is 0 Å². The third-order valence-corrected chi connectivity index (χ3v) is 3.64. The van der Waals surface area contributed by atoms with E-state index in [2.05, 4.69) is 24.8 Å². The van der Waals surface area contributed by atoms with Crippen molar-refractivity contribution in [3.8, 4) is 0 Å². The molecule has 0 N–H and O–H groups in total. The highest BCUT2D eigenvalue weighted by atomic mass is 16.1. The summed E-state index contributed by atoms with van der Waals surface area (Å²) in [6.45, 7) is 5.44. The summed E-state index contributed by atoms with van der Waals surface area (Å²) in [6.07, 6.45) is 7.55. The molecule has 2 heterocycles. The van der Waals surface area contributed by atoms with Crippen LogP contribution < -0.4 is 0 Å².